The van der Waals surface area contributed by atoms with E-state index in [1.54, 1.807) is 32.6 Å². The molecular formula is C73H109N6O21P. The molecule has 562 valence electrons. The smallest absolute Gasteiger partial charge is 0.246 e. The van der Waals surface area contributed by atoms with Gasteiger partial charge in [0.2, 0.25) is 17.7 Å². The maximum atomic E-state index is 14.1. The van der Waals surface area contributed by atoms with Gasteiger partial charge >= 0.3 is 0 Å². The van der Waals surface area contributed by atoms with Gasteiger partial charge in [-0.2, -0.15) is 9.90 Å². The number of ether oxygens (including phenoxy) is 8. The van der Waals surface area contributed by atoms with Gasteiger partial charge < -0.3 is 84.1 Å². The van der Waals surface area contributed by atoms with Crippen LogP contribution in [0.3, 0.4) is 0 Å². The number of anilines is 1. The molecule has 0 saturated carbocycles. The van der Waals surface area contributed by atoms with E-state index in [4.69, 9.17) is 37.9 Å². The number of aliphatic hydroxyl groups excluding tert-OH is 6. The van der Waals surface area contributed by atoms with Crippen LogP contribution in [0.4, 0.5) is 5.69 Å². The minimum Gasteiger partial charge on any atom is -0.394 e. The van der Waals surface area contributed by atoms with Crippen molar-refractivity contribution < 1.29 is 102 Å². The van der Waals surface area contributed by atoms with Crippen molar-refractivity contribution in [3.8, 4) is 11.8 Å². The Hall–Kier alpha value is -5.90. The van der Waals surface area contributed by atoms with Crippen LogP contribution in [0.25, 0.3) is 0 Å². The molecule has 1 aliphatic carbocycles. The zero-order valence-corrected chi connectivity index (χ0v) is 60.9. The number of nitrogens with one attached hydrogen (secondary N) is 2. The highest BCUT2D eigenvalue weighted by Gasteiger charge is 2.51. The Bertz CT molecular complexity index is 3170. The van der Waals surface area contributed by atoms with Crippen molar-refractivity contribution in [3.63, 3.8) is 0 Å². The molecule has 27 nitrogen and oxygen atoms in total. The number of Topliss-reactive ketones (excluding diaryl/α,β-unsaturated/α-hetero) is 4. The number of hydrogen-bond donors (Lipinski definition) is 8. The van der Waals surface area contributed by atoms with Crippen molar-refractivity contribution in [2.75, 3.05) is 84.1 Å². The second kappa shape index (κ2) is 43.4. The van der Waals surface area contributed by atoms with Gasteiger partial charge in [0.25, 0.3) is 0 Å². The molecule has 1 aromatic heterocycles. The summed E-state index contributed by atoms with van der Waals surface area (Å²) in [5.74, 6) is 2.27. The Morgan fingerprint density at radius 1 is 0.693 bits per heavy atom. The van der Waals surface area contributed by atoms with Crippen molar-refractivity contribution in [2.45, 2.75) is 212 Å². The third kappa shape index (κ3) is 25.2. The molecule has 4 heterocycles. The molecule has 3 aliphatic heterocycles. The van der Waals surface area contributed by atoms with Crippen LogP contribution in [-0.4, -0.2) is 221 Å². The summed E-state index contributed by atoms with van der Waals surface area (Å²) >= 11 is 0. The Labute approximate surface area is 595 Å². The second-order valence-electron chi connectivity index (χ2n) is 27.1. The van der Waals surface area contributed by atoms with Gasteiger partial charge in [-0.05, 0) is 68.2 Å². The molecule has 2 aromatic carbocycles. The standard InChI is InChI=1S/C73H106N6O21.H3P/c1-45(2)63(57(84)39-47(5)65(87)46(3)4)75-71(92)51(40-54(83)29-32-94-34-36-96-38-37-95-35-33-93-31-16-21-53(82)27-28-62(86)78-41-52-20-11-10-17-49(52)25-26-50-18-12-13-22-55(50)78)19-14-15-30-74-61(85)44-97-58-24-9-7-8-23-56-64(58)76-77-79(56)72-68(90)67(89)70(60(43-81)98-72)100-73-69(91)66(88)48(6)59(42-80)99-73;/h10-13,17-18,20,22,45-48,51,58-60,63,66-70,72-73,80-81,88-91H,7-9,14-16,19,21,23-24,27-44H2,1-6H3,(H,74,85)(H,75,92);1H3/t47-,48-,51+,58?,59-,60-,63+,66+,67-,68-,69-,70-,72?,73-;/m1./s1. The van der Waals surface area contributed by atoms with Crippen molar-refractivity contribution in [2.24, 2.45) is 29.6 Å². The number of unbranched alkanes of at least 4 members (excludes halogenated alkanes) is 1. The molecule has 0 radical (unpaired) electrons. The Morgan fingerprint density at radius 3 is 2.05 bits per heavy atom. The molecule has 3 amide bonds. The quantitative estimate of drug-likeness (QED) is 0.0226. The number of carbonyl (C=O) groups excluding carboxylic acids is 7. The van der Waals surface area contributed by atoms with Crippen LogP contribution in [0.5, 0.6) is 0 Å². The molecule has 0 spiro atoms. The predicted octanol–water partition coefficient (Wildman–Crippen LogP) is 3.94. The average Bonchev–Trinajstić information content (AvgIpc) is 1.75. The summed E-state index contributed by atoms with van der Waals surface area (Å²) < 4.78 is 47.7. The van der Waals surface area contributed by atoms with Crippen molar-refractivity contribution in [1.82, 2.24) is 25.6 Å². The summed E-state index contributed by atoms with van der Waals surface area (Å²) in [5, 5.41) is 78.9. The van der Waals surface area contributed by atoms with E-state index in [2.05, 4.69) is 32.8 Å². The highest BCUT2D eigenvalue weighted by molar-refractivity contribution is 6.92. The first-order chi connectivity index (χ1) is 48.1. The monoisotopic (exact) mass is 1440 g/mol. The van der Waals surface area contributed by atoms with E-state index >= 15 is 0 Å². The maximum absolute atomic E-state index is 14.1. The highest BCUT2D eigenvalue weighted by atomic mass is 31.0. The van der Waals surface area contributed by atoms with E-state index in [1.165, 1.54) is 4.68 Å². The van der Waals surface area contributed by atoms with Crippen LogP contribution < -0.4 is 15.5 Å². The highest BCUT2D eigenvalue weighted by Crippen LogP contribution is 2.37. The van der Waals surface area contributed by atoms with Crippen LogP contribution in [0.15, 0.2) is 48.5 Å². The number of carbonyl (C=O) groups is 7. The number of para-hydroxylation sites is 1. The first-order valence-electron chi connectivity index (χ1n) is 35.5. The number of amides is 3. The minimum absolute atomic E-state index is 0. The first kappa shape index (κ1) is 84.0. The van der Waals surface area contributed by atoms with Crippen LogP contribution >= 0.6 is 9.90 Å². The summed E-state index contributed by atoms with van der Waals surface area (Å²) in [5.41, 5.74) is 4.25. The average molecular weight is 1440 g/mol. The number of fused-ring (bicyclic) bond motifs is 3. The van der Waals surface area contributed by atoms with Gasteiger partial charge in [-0.1, -0.05) is 108 Å². The molecule has 101 heavy (non-hydrogen) atoms. The third-order valence-corrected chi connectivity index (χ3v) is 18.7. The molecule has 3 unspecified atom stereocenters. The Kier molecular flexibility index (Phi) is 36.1. The summed E-state index contributed by atoms with van der Waals surface area (Å²) in [4.78, 5) is 95.1. The summed E-state index contributed by atoms with van der Waals surface area (Å²) in [6.45, 7) is 11.7. The van der Waals surface area contributed by atoms with Gasteiger partial charge in [-0.15, -0.1) is 5.10 Å². The van der Waals surface area contributed by atoms with Crippen LogP contribution in [0.1, 0.15) is 172 Å². The summed E-state index contributed by atoms with van der Waals surface area (Å²) in [7, 11) is 0. The molecule has 2 fully saturated rings. The topological polar surface area (TPSA) is 373 Å². The van der Waals surface area contributed by atoms with E-state index < -0.39 is 110 Å². The number of ketones is 4. The van der Waals surface area contributed by atoms with Crippen LogP contribution in [0, 0.1) is 41.4 Å². The number of rotatable bonds is 42. The van der Waals surface area contributed by atoms with Gasteiger partial charge in [0, 0.05) is 86.5 Å². The zero-order chi connectivity index (χ0) is 72.3. The van der Waals surface area contributed by atoms with E-state index in [0.29, 0.717) is 95.9 Å². The minimum atomic E-state index is -1.72. The Morgan fingerprint density at radius 2 is 1.36 bits per heavy atom. The van der Waals surface area contributed by atoms with Crippen LogP contribution in [-0.2, 0) is 84.4 Å². The lowest BCUT2D eigenvalue weighted by Crippen LogP contribution is -2.62. The Balaban J connectivity index is 0.0000161. The SMILES string of the molecule is CC(C)C(=O)[C@H](C)CC(=O)[C@@H](NC(=O)[C@@H](CCCCNC(=O)COC1CCCCCc2c1nnn2C1O[C@H](CO)[C@@H](O[C@H]2O[C@H](CO)[C@@H](C)[C@H](O)[C@H]2O)[C@H](O)[C@H]1O)CC(=O)CCOCCOCCOCCOCCCC(=O)CCC(=O)N1Cc2ccccc2C#Cc2ccccc21)C(C)C.P. The van der Waals surface area contributed by atoms with E-state index in [-0.39, 0.29) is 122 Å². The van der Waals surface area contributed by atoms with Gasteiger partial charge in [0.15, 0.2) is 18.3 Å². The number of hydrogen-bond acceptors (Lipinski definition) is 23. The second-order valence-corrected chi connectivity index (χ2v) is 27.1. The number of nitrogens with zero attached hydrogens (tertiary/aromatic N) is 4. The fourth-order valence-electron chi connectivity index (χ4n) is 12.8. The van der Waals surface area contributed by atoms with E-state index in [1.807, 2.05) is 62.4 Å². The molecule has 28 heteroatoms. The molecule has 7 rings (SSSR count). The van der Waals surface area contributed by atoms with Gasteiger partial charge in [-0.25, -0.2) is 4.68 Å². The van der Waals surface area contributed by atoms with Crippen molar-refractivity contribution in [3.05, 3.63) is 76.6 Å². The fraction of sp³-hybridized carbons (Fsp3) is 0.685. The molecule has 4 aliphatic rings. The molecule has 8 N–H and O–H groups in total. The van der Waals surface area contributed by atoms with Crippen LogP contribution in [0.2, 0.25) is 0 Å². The third-order valence-electron chi connectivity index (χ3n) is 18.7. The van der Waals surface area contributed by atoms with Crippen molar-refractivity contribution in [1.29, 1.82) is 0 Å². The zero-order valence-electron chi connectivity index (χ0n) is 59.5. The van der Waals surface area contributed by atoms with E-state index in [0.717, 1.165) is 35.2 Å². The molecule has 15 atom stereocenters. The molecule has 3 aromatic rings. The normalized spacial score (nSPS) is 23.6. The van der Waals surface area contributed by atoms with Gasteiger partial charge in [0.1, 0.15) is 66.3 Å². The van der Waals surface area contributed by atoms with Gasteiger partial charge in [0.05, 0.1) is 95.6 Å². The maximum Gasteiger partial charge on any atom is 0.246 e. The predicted molar refractivity (Wildman–Crippen MR) is 374 cm³/mol. The lowest BCUT2D eigenvalue weighted by Gasteiger charge is -2.46. The molecule has 0 bridgehead atoms. The van der Waals surface area contributed by atoms with E-state index in [9.17, 15) is 64.2 Å². The number of aromatic nitrogens is 3. The largest absolute Gasteiger partial charge is 0.394 e. The number of aliphatic hydroxyl groups is 6. The fourth-order valence-corrected chi connectivity index (χ4v) is 12.8. The lowest BCUT2D eigenvalue weighted by molar-refractivity contribution is -0.341. The summed E-state index contributed by atoms with van der Waals surface area (Å²) in [6, 6.07) is 14.4. The van der Waals surface area contributed by atoms with Gasteiger partial charge in [-0.3, -0.25) is 33.6 Å². The lowest BCUT2D eigenvalue weighted by atomic mass is 9.87. The summed E-state index contributed by atoms with van der Waals surface area (Å²) in [6.07, 6.45) is -8.36. The van der Waals surface area contributed by atoms with Crippen molar-refractivity contribution >= 4 is 56.4 Å². The first-order valence-corrected chi connectivity index (χ1v) is 35.5. The molecule has 2 saturated heterocycles. The number of benzene rings is 2. The molecular weight excluding hydrogens is 1330 g/mol.